The Labute approximate surface area is 156 Å². The van der Waals surface area contributed by atoms with E-state index < -0.39 is 6.10 Å². The minimum atomic E-state index is -0.641. The number of hydrogen-bond donors (Lipinski definition) is 0. The van der Waals surface area contributed by atoms with Gasteiger partial charge in [-0.1, -0.05) is 91.0 Å². The monoisotopic (exact) mass is 352 g/mol. The highest BCUT2D eigenvalue weighted by Gasteiger charge is 2.41. The summed E-state index contributed by atoms with van der Waals surface area (Å²) in [4.78, 5) is 13.3. The molecule has 3 heteroatoms. The molecule has 130 valence electrons. The van der Waals surface area contributed by atoms with Gasteiger partial charge in [-0.05, 0) is 0 Å². The van der Waals surface area contributed by atoms with Crippen LogP contribution in [0.1, 0.15) is 22.0 Å². The molecule has 1 atom stereocenters. The molecule has 0 aliphatic carbocycles. The van der Waals surface area contributed by atoms with Crippen LogP contribution in [0.4, 0.5) is 0 Å². The van der Waals surface area contributed by atoms with Crippen molar-refractivity contribution in [2.45, 2.75) is 6.10 Å². The highest BCUT2D eigenvalue weighted by Crippen LogP contribution is 2.49. The Morgan fingerprint density at radius 2 is 1.15 bits per heavy atom. The number of hydrogen-bond acceptors (Lipinski definition) is 3. The fraction of sp³-hybridized carbons (Fsp3) is 0.0417. The molecule has 0 saturated carbocycles. The minimum Gasteiger partial charge on any atom is -0.473 e. The summed E-state index contributed by atoms with van der Waals surface area (Å²) < 4.78 is 12.3. The molecule has 1 unspecified atom stereocenters. The molecule has 27 heavy (non-hydrogen) atoms. The molecular weight excluding hydrogens is 336 g/mol. The number of Topliss-reactive ketones (excluding diaryl/α,β-unsaturated/α-hetero) is 1. The van der Waals surface area contributed by atoms with Crippen molar-refractivity contribution in [2.24, 2.45) is 0 Å². The van der Waals surface area contributed by atoms with Crippen molar-refractivity contribution in [3.05, 3.63) is 102 Å². The van der Waals surface area contributed by atoms with Crippen molar-refractivity contribution in [3.63, 3.8) is 0 Å². The van der Waals surface area contributed by atoms with Gasteiger partial charge in [-0.15, -0.1) is 0 Å². The zero-order chi connectivity index (χ0) is 18.2. The number of ether oxygens (including phenoxy) is 1. The highest BCUT2D eigenvalue weighted by molar-refractivity contribution is 6.11. The van der Waals surface area contributed by atoms with Crippen LogP contribution in [0.25, 0.3) is 22.6 Å². The molecule has 0 radical (unpaired) electrons. The average Bonchev–Trinajstić information content (AvgIpc) is 3.28. The second-order valence-electron chi connectivity index (χ2n) is 6.47. The van der Waals surface area contributed by atoms with Gasteiger partial charge in [-0.2, -0.15) is 0 Å². The first-order valence-electron chi connectivity index (χ1n) is 8.86. The van der Waals surface area contributed by atoms with Gasteiger partial charge >= 0.3 is 0 Å². The van der Waals surface area contributed by atoms with Crippen LogP contribution < -0.4 is 4.74 Å². The van der Waals surface area contributed by atoms with E-state index in [0.29, 0.717) is 22.8 Å². The summed E-state index contributed by atoms with van der Waals surface area (Å²) in [5.74, 6) is 1.61. The summed E-state index contributed by atoms with van der Waals surface area (Å²) in [7, 11) is 0. The van der Waals surface area contributed by atoms with E-state index in [2.05, 4.69) is 0 Å². The van der Waals surface area contributed by atoms with Crippen LogP contribution in [0.15, 0.2) is 95.4 Å². The summed E-state index contributed by atoms with van der Waals surface area (Å²) >= 11 is 0. The summed E-state index contributed by atoms with van der Waals surface area (Å²) in [6.45, 7) is 0. The largest absolute Gasteiger partial charge is 0.473 e. The van der Waals surface area contributed by atoms with Crippen LogP contribution in [0.2, 0.25) is 0 Å². The maximum atomic E-state index is 13.3. The van der Waals surface area contributed by atoms with E-state index in [9.17, 15) is 4.79 Å². The SMILES string of the molecule is O=C1c2c(-c3ccccc3)oc(-c3ccccc3)c2OC1c1ccccc1. The Morgan fingerprint density at radius 3 is 1.74 bits per heavy atom. The van der Waals surface area contributed by atoms with Crippen LogP contribution in [-0.4, -0.2) is 5.78 Å². The van der Waals surface area contributed by atoms with Crippen molar-refractivity contribution in [2.75, 3.05) is 0 Å². The summed E-state index contributed by atoms with van der Waals surface area (Å²) in [5, 5.41) is 0. The predicted octanol–water partition coefficient (Wildman–Crippen LogP) is 5.93. The molecule has 1 aromatic heterocycles. The van der Waals surface area contributed by atoms with Gasteiger partial charge in [0.15, 0.2) is 17.6 Å². The molecule has 0 N–H and O–H groups in total. The summed E-state index contributed by atoms with van der Waals surface area (Å²) in [6.07, 6.45) is -0.641. The Hall–Kier alpha value is -3.59. The predicted molar refractivity (Wildman–Crippen MR) is 104 cm³/mol. The van der Waals surface area contributed by atoms with Crippen molar-refractivity contribution in [3.8, 4) is 28.4 Å². The Kier molecular flexibility index (Phi) is 3.65. The lowest BCUT2D eigenvalue weighted by Crippen LogP contribution is -2.11. The first kappa shape index (κ1) is 15.6. The number of ketones is 1. The summed E-state index contributed by atoms with van der Waals surface area (Å²) in [5.41, 5.74) is 3.12. The number of fused-ring (bicyclic) bond motifs is 1. The molecule has 0 bridgehead atoms. The number of carbonyl (C=O) groups is 1. The van der Waals surface area contributed by atoms with Crippen molar-refractivity contribution in [1.82, 2.24) is 0 Å². The van der Waals surface area contributed by atoms with Crippen molar-refractivity contribution >= 4 is 5.78 Å². The molecule has 3 nitrogen and oxygen atoms in total. The zero-order valence-electron chi connectivity index (χ0n) is 14.5. The van der Waals surface area contributed by atoms with Crippen molar-refractivity contribution < 1.29 is 13.9 Å². The van der Waals surface area contributed by atoms with Gasteiger partial charge in [0.1, 0.15) is 11.3 Å². The topological polar surface area (TPSA) is 39.4 Å². The second-order valence-corrected chi connectivity index (χ2v) is 6.47. The lowest BCUT2D eigenvalue weighted by Gasteiger charge is -2.11. The Bertz CT molecular complexity index is 1100. The average molecular weight is 352 g/mol. The van der Waals surface area contributed by atoms with Gasteiger partial charge in [0.2, 0.25) is 5.78 Å². The normalized spacial score (nSPS) is 15.4. The molecule has 0 saturated heterocycles. The minimum absolute atomic E-state index is 0.0685. The van der Waals surface area contributed by atoms with E-state index in [4.69, 9.17) is 9.15 Å². The van der Waals surface area contributed by atoms with Gasteiger partial charge in [0, 0.05) is 16.7 Å². The van der Waals surface area contributed by atoms with Gasteiger partial charge < -0.3 is 9.15 Å². The van der Waals surface area contributed by atoms with Crippen LogP contribution in [0.5, 0.6) is 5.75 Å². The molecule has 1 aliphatic rings. The Morgan fingerprint density at radius 1 is 0.630 bits per heavy atom. The van der Waals surface area contributed by atoms with Gasteiger partial charge in [0.05, 0.1) is 0 Å². The molecule has 0 amide bonds. The van der Waals surface area contributed by atoms with Crippen molar-refractivity contribution in [1.29, 1.82) is 0 Å². The molecule has 4 aromatic rings. The van der Waals surface area contributed by atoms with Gasteiger partial charge in [-0.25, -0.2) is 0 Å². The van der Waals surface area contributed by atoms with E-state index in [0.717, 1.165) is 16.7 Å². The Balaban J connectivity index is 1.70. The smallest absolute Gasteiger partial charge is 0.215 e. The molecule has 2 heterocycles. The number of rotatable bonds is 3. The summed E-state index contributed by atoms with van der Waals surface area (Å²) in [6, 6.07) is 29.0. The molecule has 1 aliphatic heterocycles. The van der Waals surface area contributed by atoms with Crippen LogP contribution in [-0.2, 0) is 0 Å². The lowest BCUT2D eigenvalue weighted by molar-refractivity contribution is 0.0854. The number of benzene rings is 3. The van der Waals surface area contributed by atoms with Crippen LogP contribution in [0.3, 0.4) is 0 Å². The van der Waals surface area contributed by atoms with E-state index in [-0.39, 0.29) is 5.78 Å². The first-order chi connectivity index (χ1) is 13.3. The third-order valence-electron chi connectivity index (χ3n) is 4.76. The first-order valence-corrected chi connectivity index (χ1v) is 8.86. The fourth-order valence-electron chi connectivity index (χ4n) is 3.47. The highest BCUT2D eigenvalue weighted by atomic mass is 16.5. The molecule has 0 fully saturated rings. The van der Waals surface area contributed by atoms with E-state index >= 15 is 0 Å². The molecule has 5 rings (SSSR count). The zero-order valence-corrected chi connectivity index (χ0v) is 14.5. The van der Waals surface area contributed by atoms with Crippen LogP contribution >= 0.6 is 0 Å². The third kappa shape index (κ3) is 2.56. The molecule has 0 spiro atoms. The van der Waals surface area contributed by atoms with E-state index in [1.165, 1.54) is 0 Å². The number of furan rings is 1. The van der Waals surface area contributed by atoms with E-state index in [1.54, 1.807) is 0 Å². The van der Waals surface area contributed by atoms with Gasteiger partial charge in [-0.3, -0.25) is 4.79 Å². The maximum absolute atomic E-state index is 13.3. The quantitative estimate of drug-likeness (QED) is 0.459. The van der Waals surface area contributed by atoms with E-state index in [1.807, 2.05) is 91.0 Å². The standard InChI is InChI=1S/C24H16O3/c25-20-19-21(16-10-4-1-5-11-16)26-23(18-14-8-3-9-15-18)24(19)27-22(20)17-12-6-2-7-13-17/h1-15,22H. The van der Waals surface area contributed by atoms with Crippen LogP contribution in [0, 0.1) is 0 Å². The maximum Gasteiger partial charge on any atom is 0.215 e. The fourth-order valence-corrected chi connectivity index (χ4v) is 3.47. The molecular formula is C24H16O3. The third-order valence-corrected chi connectivity index (χ3v) is 4.76. The molecule has 3 aromatic carbocycles. The number of carbonyl (C=O) groups excluding carboxylic acids is 1. The van der Waals surface area contributed by atoms with Gasteiger partial charge in [0.25, 0.3) is 0 Å². The lowest BCUT2D eigenvalue weighted by atomic mass is 9.99. The second kappa shape index (κ2) is 6.29.